The van der Waals surface area contributed by atoms with E-state index in [2.05, 4.69) is 79.9 Å². The molecule has 0 unspecified atom stereocenters. The summed E-state index contributed by atoms with van der Waals surface area (Å²) in [6.07, 6.45) is 24.9. The van der Waals surface area contributed by atoms with E-state index in [-0.39, 0.29) is 12.1 Å². The Balaban J connectivity index is 3.89. The molecule has 0 saturated heterocycles. The number of hydrogen-bond acceptors (Lipinski definition) is 7. The molecule has 0 saturated carbocycles. The second-order valence-electron chi connectivity index (χ2n) is 12.0. The fraction of sp³-hybridized carbons (Fsp3) is 0.971. The summed E-state index contributed by atoms with van der Waals surface area (Å²) in [6, 6.07) is 0. The monoisotopic (exact) mass is 665 g/mol. The molecule has 0 bridgehead atoms. The van der Waals surface area contributed by atoms with Gasteiger partial charge in [0, 0.05) is 29.4 Å². The van der Waals surface area contributed by atoms with Crippen molar-refractivity contribution in [2.45, 2.75) is 148 Å². The van der Waals surface area contributed by atoms with Crippen LogP contribution in [0, 0.1) is 0 Å². The maximum Gasteiger partial charge on any atom is 0.306 e. The third-order valence-electron chi connectivity index (χ3n) is 7.44. The van der Waals surface area contributed by atoms with Crippen molar-refractivity contribution in [3.63, 3.8) is 0 Å². The lowest BCUT2D eigenvalue weighted by molar-refractivity contribution is -0.150. The number of rotatable bonds is 35. The zero-order valence-electron chi connectivity index (χ0n) is 28.5. The number of unbranched alkanes of at least 4 members (excludes halogenated alkanes) is 12. The first kappa shape index (κ1) is 42.8. The lowest BCUT2D eigenvalue weighted by atomic mass is 10.0. The van der Waals surface area contributed by atoms with E-state index in [1.54, 1.807) is 0 Å². The molecule has 0 aromatic heterocycles. The predicted octanol–water partition coefficient (Wildman–Crippen LogP) is 11.2. The Kier molecular flexibility index (Phi) is 37.0. The van der Waals surface area contributed by atoms with Crippen LogP contribution in [0.1, 0.15) is 142 Å². The van der Waals surface area contributed by atoms with Crippen LogP contribution in [-0.4, -0.2) is 83.6 Å². The van der Waals surface area contributed by atoms with Crippen LogP contribution in [0.2, 0.25) is 0 Å². The van der Waals surface area contributed by atoms with Crippen LogP contribution in [-0.2, 0) is 9.53 Å². The summed E-state index contributed by atoms with van der Waals surface area (Å²) >= 11 is 8.53. The third-order valence-corrected chi connectivity index (χ3v) is 12.2. The highest BCUT2D eigenvalue weighted by Gasteiger charge is 2.14. The zero-order valence-corrected chi connectivity index (χ0v) is 31.7. The minimum Gasteiger partial charge on any atom is -0.462 e. The molecule has 0 amide bonds. The molecular formula is C35H71NO2S4. The Morgan fingerprint density at radius 2 is 0.905 bits per heavy atom. The van der Waals surface area contributed by atoms with E-state index in [1.165, 1.54) is 149 Å². The smallest absolute Gasteiger partial charge is 0.306 e. The molecule has 0 aromatic carbocycles. The maximum atomic E-state index is 12.5. The molecule has 0 radical (unpaired) electrons. The van der Waals surface area contributed by atoms with Gasteiger partial charge in [-0.3, -0.25) is 4.79 Å². The molecule has 0 aliphatic rings. The summed E-state index contributed by atoms with van der Waals surface area (Å²) in [6.45, 7) is 5.50. The first-order chi connectivity index (χ1) is 20.6. The van der Waals surface area contributed by atoms with Crippen LogP contribution >= 0.6 is 47.0 Å². The van der Waals surface area contributed by atoms with E-state index in [1.807, 2.05) is 0 Å². The van der Waals surface area contributed by atoms with Gasteiger partial charge in [0.2, 0.25) is 0 Å². The number of thioether (sulfide) groups is 4. The molecular weight excluding hydrogens is 595 g/mol. The number of carbonyl (C=O) groups is 1. The minimum absolute atomic E-state index is 0.0179. The summed E-state index contributed by atoms with van der Waals surface area (Å²) in [5.74, 6) is 10.6. The number of esters is 1. The van der Waals surface area contributed by atoms with Gasteiger partial charge in [0.15, 0.2) is 0 Å². The molecule has 252 valence electrons. The SMILES string of the molecule is CCCCSCCSCCCCCCCCC(CCCCCCCCSCCSCCCC)OC(=O)CCCN(C)C. The van der Waals surface area contributed by atoms with Gasteiger partial charge < -0.3 is 9.64 Å². The Hall–Kier alpha value is 0.830. The average molecular weight is 666 g/mol. The molecule has 0 aliphatic carbocycles. The first-order valence-corrected chi connectivity index (χ1v) is 22.4. The number of carbonyl (C=O) groups excluding carboxylic acids is 1. The normalized spacial score (nSPS) is 11.7. The average Bonchev–Trinajstić information content (AvgIpc) is 2.97. The third kappa shape index (κ3) is 35.3. The van der Waals surface area contributed by atoms with Gasteiger partial charge in [-0.2, -0.15) is 47.0 Å². The maximum absolute atomic E-state index is 12.5. The van der Waals surface area contributed by atoms with Gasteiger partial charge >= 0.3 is 5.97 Å². The van der Waals surface area contributed by atoms with E-state index in [0.29, 0.717) is 6.42 Å². The highest BCUT2D eigenvalue weighted by Crippen LogP contribution is 2.19. The lowest BCUT2D eigenvalue weighted by Gasteiger charge is -2.18. The molecule has 0 fully saturated rings. The molecule has 0 rings (SSSR count). The standard InChI is InChI=1S/C35H71NO2S4/c1-5-7-26-39-30-32-41-28-19-15-11-9-13-17-22-34(38-35(37)24-21-25-36(3)4)23-18-14-10-12-16-20-29-42-33-31-40-27-8-6-2/h34H,5-33H2,1-4H3. The van der Waals surface area contributed by atoms with E-state index in [0.717, 1.165) is 25.8 Å². The van der Waals surface area contributed by atoms with Crippen LogP contribution in [0.4, 0.5) is 0 Å². The molecule has 3 nitrogen and oxygen atoms in total. The van der Waals surface area contributed by atoms with Gasteiger partial charge in [-0.15, -0.1) is 0 Å². The van der Waals surface area contributed by atoms with Crippen LogP contribution in [0.3, 0.4) is 0 Å². The summed E-state index contributed by atoms with van der Waals surface area (Å²) < 4.78 is 5.99. The number of ether oxygens (including phenoxy) is 1. The van der Waals surface area contributed by atoms with Crippen molar-refractivity contribution in [1.29, 1.82) is 0 Å². The molecule has 0 spiro atoms. The Labute approximate surface area is 281 Å². The topological polar surface area (TPSA) is 29.5 Å². The highest BCUT2D eigenvalue weighted by atomic mass is 32.2. The van der Waals surface area contributed by atoms with E-state index < -0.39 is 0 Å². The van der Waals surface area contributed by atoms with E-state index in [4.69, 9.17) is 4.74 Å². The van der Waals surface area contributed by atoms with E-state index in [9.17, 15) is 4.79 Å². The van der Waals surface area contributed by atoms with Crippen LogP contribution in [0.5, 0.6) is 0 Å². The summed E-state index contributed by atoms with van der Waals surface area (Å²) in [4.78, 5) is 14.6. The molecule has 0 aromatic rings. The van der Waals surface area contributed by atoms with Crippen molar-refractivity contribution in [3.8, 4) is 0 Å². The fourth-order valence-electron chi connectivity index (χ4n) is 4.75. The predicted molar refractivity (Wildman–Crippen MR) is 201 cm³/mol. The van der Waals surface area contributed by atoms with Crippen molar-refractivity contribution in [3.05, 3.63) is 0 Å². The second kappa shape index (κ2) is 36.3. The lowest BCUT2D eigenvalue weighted by Crippen LogP contribution is -2.20. The van der Waals surface area contributed by atoms with Gasteiger partial charge in [0.1, 0.15) is 6.10 Å². The van der Waals surface area contributed by atoms with Gasteiger partial charge in [-0.05, 0) is 101 Å². The summed E-state index contributed by atoms with van der Waals surface area (Å²) in [5, 5.41) is 0. The van der Waals surface area contributed by atoms with Crippen LogP contribution in [0.15, 0.2) is 0 Å². The summed E-state index contributed by atoms with van der Waals surface area (Å²) in [5.41, 5.74) is 0. The Bertz CT molecular complexity index is 507. The van der Waals surface area contributed by atoms with Crippen molar-refractivity contribution in [2.24, 2.45) is 0 Å². The minimum atomic E-state index is 0.0179. The number of nitrogens with zero attached hydrogens (tertiary/aromatic N) is 1. The molecule has 7 heteroatoms. The highest BCUT2D eigenvalue weighted by molar-refractivity contribution is 8.03. The van der Waals surface area contributed by atoms with Gasteiger partial charge in [0.05, 0.1) is 0 Å². The quantitative estimate of drug-likeness (QED) is 0.0491. The summed E-state index contributed by atoms with van der Waals surface area (Å²) in [7, 11) is 4.13. The molecule has 0 heterocycles. The second-order valence-corrected chi connectivity index (χ2v) is 16.9. The van der Waals surface area contributed by atoms with Gasteiger partial charge in [0.25, 0.3) is 0 Å². The molecule has 0 atom stereocenters. The van der Waals surface area contributed by atoms with Gasteiger partial charge in [-0.1, -0.05) is 78.1 Å². The van der Waals surface area contributed by atoms with Crippen LogP contribution < -0.4 is 0 Å². The first-order valence-electron chi connectivity index (χ1n) is 17.7. The van der Waals surface area contributed by atoms with Crippen molar-refractivity contribution >= 4 is 53.0 Å². The number of hydrogen-bond donors (Lipinski definition) is 0. The largest absolute Gasteiger partial charge is 0.462 e. The van der Waals surface area contributed by atoms with Crippen molar-refractivity contribution < 1.29 is 9.53 Å². The Morgan fingerprint density at radius 1 is 0.524 bits per heavy atom. The van der Waals surface area contributed by atoms with Crippen LogP contribution in [0.25, 0.3) is 0 Å². The van der Waals surface area contributed by atoms with E-state index >= 15 is 0 Å². The fourth-order valence-corrected chi connectivity index (χ4v) is 9.25. The van der Waals surface area contributed by atoms with Gasteiger partial charge in [-0.25, -0.2) is 0 Å². The molecule has 0 N–H and O–H groups in total. The zero-order chi connectivity index (χ0) is 30.8. The Morgan fingerprint density at radius 3 is 1.31 bits per heavy atom. The molecule has 0 aliphatic heterocycles. The van der Waals surface area contributed by atoms with Crippen molar-refractivity contribution in [2.75, 3.05) is 66.7 Å². The van der Waals surface area contributed by atoms with Crippen molar-refractivity contribution in [1.82, 2.24) is 4.90 Å². The molecule has 42 heavy (non-hydrogen) atoms.